The van der Waals surface area contributed by atoms with Crippen molar-refractivity contribution in [3.05, 3.63) is 47.5 Å². The second-order valence-electron chi connectivity index (χ2n) is 3.92. The molecule has 0 unspecified atom stereocenters. The number of benzene rings is 2. The van der Waals surface area contributed by atoms with Gasteiger partial charge in [0.1, 0.15) is 6.73 Å². The summed E-state index contributed by atoms with van der Waals surface area (Å²) in [6.45, 7) is -0.581. The molecule has 0 fully saturated rings. The van der Waals surface area contributed by atoms with Gasteiger partial charge in [0.2, 0.25) is 0 Å². The van der Waals surface area contributed by atoms with Gasteiger partial charge < -0.3 is 5.11 Å². The molecule has 1 aliphatic heterocycles. The van der Waals surface area contributed by atoms with Crippen LogP contribution in [0.1, 0.15) is 20.7 Å². The Balaban J connectivity index is 2.30. The normalized spacial score (nSPS) is 14.5. The summed E-state index contributed by atoms with van der Waals surface area (Å²) in [6, 6.07) is 10.9. The van der Waals surface area contributed by atoms with Crippen LogP contribution >= 0.6 is 0 Å². The molecule has 0 radical (unpaired) electrons. The second kappa shape index (κ2) is 3.40. The zero-order valence-electron chi connectivity index (χ0n) is 8.88. The van der Waals surface area contributed by atoms with E-state index in [1.54, 1.807) is 12.1 Å². The Morgan fingerprint density at radius 2 is 1.41 bits per heavy atom. The number of amides is 2. The molecule has 0 saturated heterocycles. The highest BCUT2D eigenvalue weighted by molar-refractivity contribution is 6.23. The van der Waals surface area contributed by atoms with E-state index in [0.29, 0.717) is 11.1 Å². The molecule has 0 atom stereocenters. The van der Waals surface area contributed by atoms with E-state index in [2.05, 4.69) is 0 Å². The van der Waals surface area contributed by atoms with Crippen molar-refractivity contribution in [1.29, 1.82) is 0 Å². The first kappa shape index (κ1) is 9.99. The summed E-state index contributed by atoms with van der Waals surface area (Å²) in [5.41, 5.74) is 0.727. The number of nitrogens with zero attached hydrogens (tertiary/aromatic N) is 1. The van der Waals surface area contributed by atoms with Gasteiger partial charge >= 0.3 is 0 Å². The van der Waals surface area contributed by atoms with Gasteiger partial charge in [-0.1, -0.05) is 24.3 Å². The largest absolute Gasteiger partial charge is 0.376 e. The third kappa shape index (κ3) is 1.28. The minimum absolute atomic E-state index is 0.364. The molecule has 0 saturated carbocycles. The summed E-state index contributed by atoms with van der Waals surface area (Å²) in [6.07, 6.45) is 0. The van der Waals surface area contributed by atoms with Crippen LogP contribution in [0.2, 0.25) is 0 Å². The summed E-state index contributed by atoms with van der Waals surface area (Å²) >= 11 is 0. The van der Waals surface area contributed by atoms with Gasteiger partial charge in [-0.25, -0.2) is 0 Å². The molecule has 4 nitrogen and oxygen atoms in total. The van der Waals surface area contributed by atoms with Crippen molar-refractivity contribution in [3.8, 4) is 0 Å². The summed E-state index contributed by atoms with van der Waals surface area (Å²) in [5, 5.41) is 10.8. The number of carbonyl (C=O) groups excluding carboxylic acids is 2. The third-order valence-corrected chi connectivity index (χ3v) is 2.98. The second-order valence-corrected chi connectivity index (χ2v) is 3.92. The van der Waals surface area contributed by atoms with E-state index in [4.69, 9.17) is 5.11 Å². The molecule has 2 amide bonds. The maximum atomic E-state index is 11.8. The predicted molar refractivity (Wildman–Crippen MR) is 61.5 cm³/mol. The average molecular weight is 227 g/mol. The molecule has 84 valence electrons. The van der Waals surface area contributed by atoms with Crippen LogP contribution in [0.5, 0.6) is 0 Å². The zero-order chi connectivity index (χ0) is 12.0. The molecule has 0 aliphatic carbocycles. The van der Waals surface area contributed by atoms with Gasteiger partial charge in [0.25, 0.3) is 11.8 Å². The van der Waals surface area contributed by atoms with E-state index in [0.717, 1.165) is 15.7 Å². The average Bonchev–Trinajstić information content (AvgIpc) is 2.59. The summed E-state index contributed by atoms with van der Waals surface area (Å²) in [7, 11) is 0. The van der Waals surface area contributed by atoms with Crippen LogP contribution in [0.15, 0.2) is 36.4 Å². The lowest BCUT2D eigenvalue weighted by atomic mass is 10.0. The minimum atomic E-state index is -0.581. The standard InChI is InChI=1S/C13H9NO3/c15-7-14-12(16)10-5-8-3-1-2-4-9(8)6-11(10)13(14)17/h1-6,15H,7H2. The number of aliphatic hydroxyl groups is 1. The third-order valence-electron chi connectivity index (χ3n) is 2.98. The molecule has 1 heterocycles. The van der Waals surface area contributed by atoms with E-state index >= 15 is 0 Å². The van der Waals surface area contributed by atoms with Crippen molar-refractivity contribution in [3.63, 3.8) is 0 Å². The Kier molecular flexibility index (Phi) is 2.00. The predicted octanol–water partition coefficient (Wildman–Crippen LogP) is 1.39. The van der Waals surface area contributed by atoms with E-state index in [9.17, 15) is 9.59 Å². The molecular formula is C13H9NO3. The van der Waals surface area contributed by atoms with Crippen LogP contribution < -0.4 is 0 Å². The highest BCUT2D eigenvalue weighted by Gasteiger charge is 2.35. The monoisotopic (exact) mass is 227 g/mol. The van der Waals surface area contributed by atoms with Crippen molar-refractivity contribution in [2.45, 2.75) is 0 Å². The number of carbonyl (C=O) groups is 2. The number of imide groups is 1. The van der Waals surface area contributed by atoms with Crippen LogP contribution in [-0.4, -0.2) is 28.6 Å². The fourth-order valence-electron chi connectivity index (χ4n) is 2.11. The Bertz CT molecular complexity index is 594. The molecular weight excluding hydrogens is 218 g/mol. The Hall–Kier alpha value is -2.20. The van der Waals surface area contributed by atoms with Crippen molar-refractivity contribution >= 4 is 22.6 Å². The first-order valence-corrected chi connectivity index (χ1v) is 5.22. The summed E-state index contributed by atoms with van der Waals surface area (Å²) < 4.78 is 0. The van der Waals surface area contributed by atoms with E-state index in [1.165, 1.54) is 0 Å². The lowest BCUT2D eigenvalue weighted by Crippen LogP contribution is -2.30. The van der Waals surface area contributed by atoms with E-state index in [-0.39, 0.29) is 0 Å². The lowest BCUT2D eigenvalue weighted by molar-refractivity contribution is 0.0490. The zero-order valence-corrected chi connectivity index (χ0v) is 8.88. The van der Waals surface area contributed by atoms with Gasteiger partial charge in [-0.3, -0.25) is 14.5 Å². The van der Waals surface area contributed by atoms with E-state index < -0.39 is 18.5 Å². The molecule has 0 aromatic heterocycles. The van der Waals surface area contributed by atoms with Crippen LogP contribution in [0, 0.1) is 0 Å². The highest BCUT2D eigenvalue weighted by Crippen LogP contribution is 2.27. The molecule has 3 rings (SSSR count). The van der Waals surface area contributed by atoms with Gasteiger partial charge in [0.15, 0.2) is 0 Å². The van der Waals surface area contributed by atoms with Crippen molar-refractivity contribution in [2.75, 3.05) is 6.73 Å². The lowest BCUT2D eigenvalue weighted by Gasteiger charge is -2.07. The molecule has 2 aromatic rings. The first-order valence-electron chi connectivity index (χ1n) is 5.22. The van der Waals surface area contributed by atoms with E-state index in [1.807, 2.05) is 24.3 Å². The SMILES string of the molecule is O=C1c2cc3ccccc3cc2C(=O)N1CO. The Morgan fingerprint density at radius 3 is 1.82 bits per heavy atom. The van der Waals surface area contributed by atoms with Crippen LogP contribution in [-0.2, 0) is 0 Å². The molecule has 1 aliphatic rings. The van der Waals surface area contributed by atoms with Crippen LogP contribution in [0.3, 0.4) is 0 Å². The number of hydrogen-bond acceptors (Lipinski definition) is 3. The van der Waals surface area contributed by atoms with Gasteiger partial charge in [-0.15, -0.1) is 0 Å². The molecule has 4 heteroatoms. The Morgan fingerprint density at radius 1 is 0.941 bits per heavy atom. The number of fused-ring (bicyclic) bond motifs is 2. The maximum Gasteiger partial charge on any atom is 0.263 e. The molecule has 0 spiro atoms. The van der Waals surface area contributed by atoms with Gasteiger partial charge in [0.05, 0.1) is 11.1 Å². The van der Waals surface area contributed by atoms with Crippen molar-refractivity contribution < 1.29 is 14.7 Å². The fraction of sp³-hybridized carbons (Fsp3) is 0.0769. The minimum Gasteiger partial charge on any atom is -0.376 e. The quantitative estimate of drug-likeness (QED) is 0.749. The van der Waals surface area contributed by atoms with Gasteiger partial charge in [0, 0.05) is 0 Å². The van der Waals surface area contributed by atoms with Crippen molar-refractivity contribution in [1.82, 2.24) is 4.90 Å². The smallest absolute Gasteiger partial charge is 0.263 e. The first-order chi connectivity index (χ1) is 8.22. The van der Waals surface area contributed by atoms with Crippen LogP contribution in [0.25, 0.3) is 10.8 Å². The molecule has 2 aromatic carbocycles. The number of aliphatic hydroxyl groups excluding tert-OH is 1. The van der Waals surface area contributed by atoms with Gasteiger partial charge in [-0.2, -0.15) is 0 Å². The van der Waals surface area contributed by atoms with Crippen LogP contribution in [0.4, 0.5) is 0 Å². The molecule has 0 bridgehead atoms. The number of rotatable bonds is 1. The Labute approximate surface area is 97.1 Å². The maximum absolute atomic E-state index is 11.8. The highest BCUT2D eigenvalue weighted by atomic mass is 16.3. The fourth-order valence-corrected chi connectivity index (χ4v) is 2.11. The van der Waals surface area contributed by atoms with Gasteiger partial charge in [-0.05, 0) is 22.9 Å². The van der Waals surface area contributed by atoms with Crippen molar-refractivity contribution in [2.24, 2.45) is 0 Å². The molecule has 1 N–H and O–H groups in total. The summed E-state index contributed by atoms with van der Waals surface area (Å²) in [4.78, 5) is 24.5. The number of hydrogen-bond donors (Lipinski definition) is 1. The topological polar surface area (TPSA) is 57.6 Å². The molecule has 17 heavy (non-hydrogen) atoms. The summed E-state index contributed by atoms with van der Waals surface area (Å²) in [5.74, 6) is -0.864.